The molecule has 1 unspecified atom stereocenters. The number of hydrogen-bond acceptors (Lipinski definition) is 6. The molecule has 18 heavy (non-hydrogen) atoms. The molecule has 0 aromatic carbocycles. The smallest absolute Gasteiger partial charge is 0.288 e. The fourth-order valence-electron chi connectivity index (χ4n) is 3.06. The maximum absolute atomic E-state index is 10.9. The van der Waals surface area contributed by atoms with Gasteiger partial charge in [-0.15, -0.1) is 5.10 Å². The lowest BCUT2D eigenvalue weighted by Crippen LogP contribution is -2.35. The summed E-state index contributed by atoms with van der Waals surface area (Å²) in [6.45, 7) is -0.177. The van der Waals surface area contributed by atoms with Crippen LogP contribution in [0.25, 0.3) is 0 Å². The van der Waals surface area contributed by atoms with Crippen LogP contribution in [0.4, 0.5) is 0 Å². The molecule has 8 nitrogen and oxygen atoms in total. The Kier molecular flexibility index (Phi) is 2.25. The van der Waals surface area contributed by atoms with Crippen molar-refractivity contribution in [3.8, 4) is 0 Å². The third kappa shape index (κ3) is 1.27. The van der Waals surface area contributed by atoms with Crippen LogP contribution in [0.5, 0.6) is 0 Å². The summed E-state index contributed by atoms with van der Waals surface area (Å²) in [7, 11) is 0. The first-order valence-corrected chi connectivity index (χ1v) is 5.69. The van der Waals surface area contributed by atoms with Crippen molar-refractivity contribution in [3.63, 3.8) is 0 Å². The largest absolute Gasteiger partial charge is 0.396 e. The molecule has 5 atom stereocenters. The van der Waals surface area contributed by atoms with E-state index < -0.39 is 29.6 Å². The predicted octanol–water partition coefficient (Wildman–Crippen LogP) is -2.35. The number of nitrogens with zero attached hydrogens (tertiary/aromatic N) is 3. The van der Waals surface area contributed by atoms with Crippen LogP contribution in [0.1, 0.15) is 23.1 Å². The first-order chi connectivity index (χ1) is 8.51. The summed E-state index contributed by atoms with van der Waals surface area (Å²) in [5, 5.41) is 33.2. The normalized spacial score (nSPS) is 41.7. The van der Waals surface area contributed by atoms with Crippen molar-refractivity contribution in [2.45, 2.75) is 24.7 Å². The van der Waals surface area contributed by atoms with Crippen molar-refractivity contribution in [1.82, 2.24) is 14.8 Å². The summed E-state index contributed by atoms with van der Waals surface area (Å²) in [5.74, 6) is -0.931. The second kappa shape index (κ2) is 3.50. The van der Waals surface area contributed by atoms with Crippen LogP contribution in [-0.4, -0.2) is 54.8 Å². The van der Waals surface area contributed by atoms with Crippen LogP contribution in [0.15, 0.2) is 6.33 Å². The highest BCUT2D eigenvalue weighted by Crippen LogP contribution is 2.67. The molecule has 2 aliphatic carbocycles. The Morgan fingerprint density at radius 2 is 2.33 bits per heavy atom. The highest BCUT2D eigenvalue weighted by atomic mass is 16.3. The molecule has 2 saturated carbocycles. The molecule has 1 aromatic heterocycles. The van der Waals surface area contributed by atoms with Crippen LogP contribution >= 0.6 is 0 Å². The zero-order valence-corrected chi connectivity index (χ0v) is 9.47. The molecule has 3 rings (SSSR count). The average Bonchev–Trinajstić information content (AvgIpc) is 2.76. The lowest BCUT2D eigenvalue weighted by Gasteiger charge is -2.22. The van der Waals surface area contributed by atoms with Gasteiger partial charge >= 0.3 is 0 Å². The van der Waals surface area contributed by atoms with E-state index in [1.54, 1.807) is 0 Å². The second-order valence-electron chi connectivity index (χ2n) is 5.04. The van der Waals surface area contributed by atoms with Gasteiger partial charge in [0.25, 0.3) is 5.91 Å². The van der Waals surface area contributed by atoms with Crippen molar-refractivity contribution in [1.29, 1.82) is 0 Å². The third-order valence-corrected chi connectivity index (χ3v) is 4.18. The molecule has 98 valence electrons. The van der Waals surface area contributed by atoms with Crippen molar-refractivity contribution < 1.29 is 20.1 Å². The zero-order chi connectivity index (χ0) is 13.1. The van der Waals surface area contributed by atoms with Gasteiger partial charge < -0.3 is 21.1 Å². The maximum atomic E-state index is 10.9. The number of hydrogen-bond donors (Lipinski definition) is 4. The Bertz CT molecular complexity index is 504. The molecule has 8 heteroatoms. The van der Waals surface area contributed by atoms with E-state index in [1.165, 1.54) is 11.0 Å². The first kappa shape index (κ1) is 11.6. The Morgan fingerprint density at radius 1 is 1.61 bits per heavy atom. The van der Waals surface area contributed by atoms with Gasteiger partial charge in [0.1, 0.15) is 12.4 Å². The summed E-state index contributed by atoms with van der Waals surface area (Å²) in [4.78, 5) is 14.7. The molecule has 1 amide bonds. The van der Waals surface area contributed by atoms with Gasteiger partial charge in [-0.3, -0.25) is 4.79 Å². The van der Waals surface area contributed by atoms with Crippen LogP contribution in [0, 0.1) is 11.3 Å². The Morgan fingerprint density at radius 3 is 2.83 bits per heavy atom. The standard InChI is InChI=1S/C10H14N4O4/c11-8(18)9-12-3-14(13-9)5-4-1-10(4,2-15)7(17)6(5)16/h3-7,15-17H,1-2H2,(H2,11,18)/t4-,5?,6+,7+,10+/m1/s1. The lowest BCUT2D eigenvalue weighted by atomic mass is 10.0. The monoisotopic (exact) mass is 254 g/mol. The van der Waals surface area contributed by atoms with Gasteiger partial charge in [-0.1, -0.05) is 0 Å². The number of rotatable bonds is 3. The molecule has 0 radical (unpaired) electrons. The number of nitrogens with two attached hydrogens (primary N) is 1. The molecule has 2 fully saturated rings. The minimum absolute atomic E-state index is 0.0603. The predicted molar refractivity (Wildman–Crippen MR) is 57.2 cm³/mol. The summed E-state index contributed by atoms with van der Waals surface area (Å²) < 4.78 is 1.35. The summed E-state index contributed by atoms with van der Waals surface area (Å²) >= 11 is 0. The van der Waals surface area contributed by atoms with Crippen LogP contribution < -0.4 is 5.73 Å². The molecular weight excluding hydrogens is 240 g/mol. The van der Waals surface area contributed by atoms with E-state index in [4.69, 9.17) is 5.73 Å². The van der Waals surface area contributed by atoms with Crippen LogP contribution in [0.3, 0.4) is 0 Å². The van der Waals surface area contributed by atoms with Crippen LogP contribution in [0.2, 0.25) is 0 Å². The van der Waals surface area contributed by atoms with E-state index in [2.05, 4.69) is 10.1 Å². The van der Waals surface area contributed by atoms with Gasteiger partial charge in [0.15, 0.2) is 0 Å². The highest BCUT2D eigenvalue weighted by molar-refractivity contribution is 5.88. The van der Waals surface area contributed by atoms with E-state index >= 15 is 0 Å². The van der Waals surface area contributed by atoms with Gasteiger partial charge in [-0.05, 0) is 12.3 Å². The van der Waals surface area contributed by atoms with Crippen molar-refractivity contribution in [3.05, 3.63) is 12.2 Å². The van der Waals surface area contributed by atoms with E-state index in [9.17, 15) is 20.1 Å². The molecule has 1 heterocycles. The SMILES string of the molecule is NC(=O)c1ncn(C2[C@H]3C[C@@]3(CO)[C@@H](O)[C@H]2O)n1. The number of fused-ring (bicyclic) bond motifs is 1. The van der Waals surface area contributed by atoms with E-state index in [-0.39, 0.29) is 18.3 Å². The topological polar surface area (TPSA) is 134 Å². The molecule has 2 aliphatic rings. The average molecular weight is 254 g/mol. The number of primary amides is 1. The fourth-order valence-corrected chi connectivity index (χ4v) is 3.06. The number of carbonyl (C=O) groups is 1. The molecule has 0 spiro atoms. The van der Waals surface area contributed by atoms with E-state index in [0.717, 1.165) is 0 Å². The fraction of sp³-hybridized carbons (Fsp3) is 0.700. The van der Waals surface area contributed by atoms with Gasteiger partial charge in [-0.25, -0.2) is 9.67 Å². The number of aromatic nitrogens is 3. The van der Waals surface area contributed by atoms with Gasteiger partial charge in [0.2, 0.25) is 5.82 Å². The minimum Gasteiger partial charge on any atom is -0.396 e. The summed E-state index contributed by atoms with van der Waals surface area (Å²) in [6.07, 6.45) is -0.0815. The lowest BCUT2D eigenvalue weighted by molar-refractivity contribution is -0.0318. The molecule has 5 N–H and O–H groups in total. The zero-order valence-electron chi connectivity index (χ0n) is 9.47. The molecule has 0 saturated heterocycles. The quantitative estimate of drug-likeness (QED) is 0.477. The molecular formula is C10H14N4O4. The number of aliphatic hydroxyl groups excluding tert-OH is 3. The Balaban J connectivity index is 1.91. The van der Waals surface area contributed by atoms with Crippen molar-refractivity contribution >= 4 is 5.91 Å². The number of carbonyl (C=O) groups excluding carboxylic acids is 1. The van der Waals surface area contributed by atoms with Crippen LogP contribution in [-0.2, 0) is 0 Å². The third-order valence-electron chi connectivity index (χ3n) is 4.18. The molecule has 0 aliphatic heterocycles. The summed E-state index contributed by atoms with van der Waals surface area (Å²) in [6, 6.07) is -0.479. The summed E-state index contributed by atoms with van der Waals surface area (Å²) in [5.41, 5.74) is 4.42. The number of aliphatic hydroxyl groups is 3. The van der Waals surface area contributed by atoms with E-state index in [0.29, 0.717) is 6.42 Å². The molecule has 1 aromatic rings. The second-order valence-corrected chi connectivity index (χ2v) is 5.04. The van der Waals surface area contributed by atoms with E-state index in [1.807, 2.05) is 0 Å². The number of amides is 1. The maximum Gasteiger partial charge on any atom is 0.288 e. The van der Waals surface area contributed by atoms with Gasteiger partial charge in [0, 0.05) is 5.41 Å². The van der Waals surface area contributed by atoms with Crippen molar-refractivity contribution in [2.24, 2.45) is 17.1 Å². The minimum atomic E-state index is -1.03. The highest BCUT2D eigenvalue weighted by Gasteiger charge is 2.71. The first-order valence-electron chi connectivity index (χ1n) is 5.69. The Labute approximate surface area is 102 Å². The Hall–Kier alpha value is -1.51. The van der Waals surface area contributed by atoms with Gasteiger partial charge in [0.05, 0.1) is 18.8 Å². The molecule has 0 bridgehead atoms. The van der Waals surface area contributed by atoms with Gasteiger partial charge in [-0.2, -0.15) is 0 Å². The van der Waals surface area contributed by atoms with Crippen molar-refractivity contribution in [2.75, 3.05) is 6.61 Å².